The van der Waals surface area contributed by atoms with Crippen LogP contribution in [0.1, 0.15) is 16.0 Å². The van der Waals surface area contributed by atoms with Gasteiger partial charge in [0.25, 0.3) is 11.8 Å². The summed E-state index contributed by atoms with van der Waals surface area (Å²) in [6.45, 7) is 4.23. The Hall–Kier alpha value is -3.81. The van der Waals surface area contributed by atoms with Crippen LogP contribution in [-0.2, 0) is 9.59 Å². The van der Waals surface area contributed by atoms with Crippen LogP contribution in [0.3, 0.4) is 0 Å². The average Bonchev–Trinajstić information content (AvgIpc) is 3.35. The molecule has 1 aliphatic heterocycles. The van der Waals surface area contributed by atoms with Crippen LogP contribution < -0.4 is 4.90 Å². The Morgan fingerprint density at radius 3 is 2.19 bits per heavy atom. The van der Waals surface area contributed by atoms with Gasteiger partial charge in [0.2, 0.25) is 0 Å². The van der Waals surface area contributed by atoms with E-state index in [-0.39, 0.29) is 10.7 Å². The maximum absolute atomic E-state index is 12.8. The highest BCUT2D eigenvalue weighted by Gasteiger charge is 2.35. The molecule has 3 aromatic carbocycles. The number of likely N-dealkylation sites (N-methyl/N-ethyl adjacent to an activating group) is 2. The van der Waals surface area contributed by atoms with Gasteiger partial charge in [-0.2, -0.15) is 0 Å². The highest BCUT2D eigenvalue weighted by atomic mass is 32.1. The standard InChI is InChI=1S/C29H25N3O2S2/c1-18-9-5-8-12-24(18)32(26-19(2)13-14-20-10-6-7-11-22(20)26)25-16-15-21(36-25)17-23-27(33)30(3)29(35)31(4)28(23)34/h5-17H,1-4H3. The van der Waals surface area contributed by atoms with Crippen molar-refractivity contribution in [2.75, 3.05) is 19.0 Å². The van der Waals surface area contributed by atoms with Gasteiger partial charge in [0.05, 0.1) is 5.69 Å². The number of aryl methyl sites for hydroxylation is 2. The number of hydrogen-bond donors (Lipinski definition) is 0. The van der Waals surface area contributed by atoms with Gasteiger partial charge in [0, 0.05) is 30.0 Å². The summed E-state index contributed by atoms with van der Waals surface area (Å²) in [4.78, 5) is 31.4. The molecule has 0 aliphatic carbocycles. The molecule has 36 heavy (non-hydrogen) atoms. The molecule has 0 radical (unpaired) electrons. The second-order valence-corrected chi connectivity index (χ2v) is 10.3. The lowest BCUT2D eigenvalue weighted by atomic mass is 10.0. The molecule has 0 unspecified atom stereocenters. The zero-order chi connectivity index (χ0) is 25.6. The Labute approximate surface area is 219 Å². The van der Waals surface area contributed by atoms with E-state index in [1.165, 1.54) is 21.1 Å². The zero-order valence-corrected chi connectivity index (χ0v) is 22.1. The van der Waals surface area contributed by atoms with E-state index >= 15 is 0 Å². The van der Waals surface area contributed by atoms with Crippen LogP contribution >= 0.6 is 23.6 Å². The van der Waals surface area contributed by atoms with E-state index in [9.17, 15) is 9.59 Å². The molecule has 0 saturated carbocycles. The lowest BCUT2D eigenvalue weighted by Gasteiger charge is -2.31. The molecule has 1 aromatic heterocycles. The molecule has 180 valence electrons. The first kappa shape index (κ1) is 23.9. The number of anilines is 3. The number of nitrogens with zero attached hydrogens (tertiary/aromatic N) is 3. The summed E-state index contributed by atoms with van der Waals surface area (Å²) in [6.07, 6.45) is 1.67. The molecule has 0 bridgehead atoms. The molecule has 0 N–H and O–H groups in total. The monoisotopic (exact) mass is 511 g/mol. The number of carbonyl (C=O) groups excluding carboxylic acids is 2. The predicted molar refractivity (Wildman–Crippen MR) is 152 cm³/mol. The summed E-state index contributed by atoms with van der Waals surface area (Å²) in [7, 11) is 3.18. The van der Waals surface area contributed by atoms with Gasteiger partial charge >= 0.3 is 0 Å². The van der Waals surface area contributed by atoms with E-state index in [4.69, 9.17) is 12.2 Å². The second-order valence-electron chi connectivity index (χ2n) is 8.82. The van der Waals surface area contributed by atoms with Crippen LogP contribution in [-0.4, -0.2) is 40.8 Å². The third-order valence-electron chi connectivity index (χ3n) is 6.45. The van der Waals surface area contributed by atoms with E-state index in [0.29, 0.717) is 0 Å². The van der Waals surface area contributed by atoms with Crippen LogP contribution in [0.15, 0.2) is 78.4 Å². The van der Waals surface area contributed by atoms with E-state index in [1.807, 2.05) is 30.3 Å². The fourth-order valence-electron chi connectivity index (χ4n) is 4.48. The van der Waals surface area contributed by atoms with Crippen LogP contribution in [0.4, 0.5) is 16.4 Å². The number of para-hydroxylation sites is 1. The normalized spacial score (nSPS) is 14.1. The van der Waals surface area contributed by atoms with Gasteiger partial charge in [-0.25, -0.2) is 0 Å². The Bertz CT molecular complexity index is 1540. The molecule has 4 aromatic rings. The minimum absolute atomic E-state index is 0.103. The quantitative estimate of drug-likeness (QED) is 0.176. The van der Waals surface area contributed by atoms with Gasteiger partial charge in [-0.1, -0.05) is 54.6 Å². The van der Waals surface area contributed by atoms with Crippen molar-refractivity contribution in [3.8, 4) is 0 Å². The number of carbonyl (C=O) groups is 2. The molecular formula is C29H25N3O2S2. The highest BCUT2D eigenvalue weighted by Crippen LogP contribution is 2.45. The van der Waals surface area contributed by atoms with Crippen molar-refractivity contribution >= 4 is 73.7 Å². The first-order valence-corrected chi connectivity index (χ1v) is 12.8. The Morgan fingerprint density at radius 1 is 0.806 bits per heavy atom. The van der Waals surface area contributed by atoms with E-state index < -0.39 is 11.8 Å². The molecule has 5 rings (SSSR count). The number of benzene rings is 3. The molecule has 2 heterocycles. The molecule has 1 saturated heterocycles. The Morgan fingerprint density at radius 2 is 1.47 bits per heavy atom. The van der Waals surface area contributed by atoms with Crippen molar-refractivity contribution in [3.05, 3.63) is 94.4 Å². The molecular weight excluding hydrogens is 486 g/mol. The highest BCUT2D eigenvalue weighted by molar-refractivity contribution is 7.80. The number of fused-ring (bicyclic) bond motifs is 1. The van der Waals surface area contributed by atoms with Crippen molar-refractivity contribution in [1.82, 2.24) is 9.80 Å². The van der Waals surface area contributed by atoms with Gasteiger partial charge in [0.1, 0.15) is 10.6 Å². The maximum Gasteiger partial charge on any atom is 0.265 e. The first-order chi connectivity index (χ1) is 17.3. The van der Waals surface area contributed by atoms with Crippen LogP contribution in [0.2, 0.25) is 0 Å². The predicted octanol–water partition coefficient (Wildman–Crippen LogP) is 6.59. The smallest absolute Gasteiger partial charge is 0.265 e. The minimum atomic E-state index is -0.390. The molecule has 1 fully saturated rings. The Balaban J connectivity index is 1.67. The summed E-state index contributed by atoms with van der Waals surface area (Å²) in [5.41, 5.74) is 4.59. The topological polar surface area (TPSA) is 43.9 Å². The van der Waals surface area contributed by atoms with Crippen molar-refractivity contribution in [2.45, 2.75) is 13.8 Å². The van der Waals surface area contributed by atoms with Crippen LogP contribution in [0.5, 0.6) is 0 Å². The summed E-state index contributed by atoms with van der Waals surface area (Å²) in [5, 5.41) is 3.51. The lowest BCUT2D eigenvalue weighted by molar-refractivity contribution is -0.132. The summed E-state index contributed by atoms with van der Waals surface area (Å²) >= 11 is 6.74. The number of thiocarbonyl (C=S) groups is 1. The fraction of sp³-hybridized carbons (Fsp3) is 0.138. The average molecular weight is 512 g/mol. The van der Waals surface area contributed by atoms with Crippen molar-refractivity contribution < 1.29 is 9.59 Å². The van der Waals surface area contributed by atoms with Gasteiger partial charge in [-0.05, 0) is 66.9 Å². The molecule has 7 heteroatoms. The van der Waals surface area contributed by atoms with Crippen molar-refractivity contribution in [1.29, 1.82) is 0 Å². The van der Waals surface area contributed by atoms with Gasteiger partial charge in [0.15, 0.2) is 5.11 Å². The summed E-state index contributed by atoms with van der Waals surface area (Å²) in [6, 6.07) is 25.0. The SMILES string of the molecule is Cc1ccccc1N(c1ccc(C=C2C(=O)N(C)C(=S)N(C)C2=O)s1)c1c(C)ccc2ccccc12. The van der Waals surface area contributed by atoms with E-state index in [1.54, 1.807) is 20.2 Å². The fourth-order valence-corrected chi connectivity index (χ4v) is 5.62. The number of rotatable bonds is 4. The van der Waals surface area contributed by atoms with Crippen molar-refractivity contribution in [3.63, 3.8) is 0 Å². The third-order valence-corrected chi connectivity index (χ3v) is 8.01. The molecule has 5 nitrogen and oxygen atoms in total. The van der Waals surface area contributed by atoms with Crippen molar-refractivity contribution in [2.24, 2.45) is 0 Å². The second kappa shape index (κ2) is 9.33. The minimum Gasteiger partial charge on any atom is -0.301 e. The van der Waals surface area contributed by atoms with E-state index in [0.717, 1.165) is 43.2 Å². The lowest BCUT2D eigenvalue weighted by Crippen LogP contribution is -2.52. The number of hydrogen-bond acceptors (Lipinski definition) is 5. The Kier molecular flexibility index (Phi) is 6.20. The molecule has 2 amide bonds. The third kappa shape index (κ3) is 4.00. The number of thiophene rings is 1. The van der Waals surface area contributed by atoms with Gasteiger partial charge in [-0.3, -0.25) is 19.4 Å². The summed E-state index contributed by atoms with van der Waals surface area (Å²) < 4.78 is 0. The van der Waals surface area contributed by atoms with Gasteiger partial charge in [-0.15, -0.1) is 11.3 Å². The zero-order valence-electron chi connectivity index (χ0n) is 20.5. The maximum atomic E-state index is 12.8. The van der Waals surface area contributed by atoms with E-state index in [2.05, 4.69) is 61.2 Å². The molecule has 0 atom stereocenters. The van der Waals surface area contributed by atoms with Crippen LogP contribution in [0.25, 0.3) is 16.8 Å². The molecule has 1 aliphatic rings. The first-order valence-electron chi connectivity index (χ1n) is 11.5. The molecule has 0 spiro atoms. The van der Waals surface area contributed by atoms with Crippen LogP contribution in [0, 0.1) is 13.8 Å². The number of amides is 2. The largest absolute Gasteiger partial charge is 0.301 e. The van der Waals surface area contributed by atoms with Gasteiger partial charge < -0.3 is 4.90 Å². The summed E-state index contributed by atoms with van der Waals surface area (Å²) in [5.74, 6) is -0.780.